The summed E-state index contributed by atoms with van der Waals surface area (Å²) in [7, 11) is 0. The summed E-state index contributed by atoms with van der Waals surface area (Å²) in [6.07, 6.45) is 2.81. The largest absolute Gasteiger partial charge is 0.490 e. The molecule has 9 nitrogen and oxygen atoms in total. The van der Waals surface area contributed by atoms with Gasteiger partial charge in [-0.2, -0.15) is 5.10 Å². The minimum atomic E-state index is -0.896. The van der Waals surface area contributed by atoms with E-state index in [1.807, 2.05) is 38.1 Å². The average Bonchev–Trinajstić information content (AvgIpc) is 2.78. The molecular formula is C23H26N4O5. The average molecular weight is 438 g/mol. The minimum absolute atomic E-state index is 0.179. The molecule has 0 spiro atoms. The number of hydrogen-bond acceptors (Lipinski definition) is 6. The van der Waals surface area contributed by atoms with E-state index in [2.05, 4.69) is 27.7 Å². The fraction of sp³-hybridized carbons (Fsp3) is 0.217. The molecule has 168 valence electrons. The number of aryl methyl sites for hydroxylation is 1. The van der Waals surface area contributed by atoms with E-state index in [1.165, 1.54) is 12.3 Å². The number of benzene rings is 2. The first-order valence-electron chi connectivity index (χ1n) is 9.91. The summed E-state index contributed by atoms with van der Waals surface area (Å²) in [4.78, 5) is 35.2. The quantitative estimate of drug-likeness (QED) is 0.227. The van der Waals surface area contributed by atoms with Gasteiger partial charge in [-0.25, -0.2) is 5.43 Å². The number of hydrogen-bond donors (Lipinski definition) is 3. The predicted octanol–water partition coefficient (Wildman–Crippen LogP) is 2.16. The van der Waals surface area contributed by atoms with Crippen LogP contribution in [0.5, 0.6) is 11.5 Å². The Balaban J connectivity index is 1.95. The minimum Gasteiger partial charge on any atom is -0.490 e. The van der Waals surface area contributed by atoms with Crippen LogP contribution in [0.4, 0.5) is 5.69 Å². The lowest BCUT2D eigenvalue weighted by atomic mass is 10.2. The van der Waals surface area contributed by atoms with E-state index in [-0.39, 0.29) is 19.1 Å². The van der Waals surface area contributed by atoms with Crippen molar-refractivity contribution < 1.29 is 23.9 Å². The Morgan fingerprint density at radius 3 is 2.47 bits per heavy atom. The number of hydrazone groups is 1. The van der Waals surface area contributed by atoms with Gasteiger partial charge in [-0.1, -0.05) is 23.8 Å². The van der Waals surface area contributed by atoms with Gasteiger partial charge in [-0.05, 0) is 49.7 Å². The number of carbonyl (C=O) groups is 3. The maximum atomic E-state index is 12.2. The molecule has 0 fully saturated rings. The first-order chi connectivity index (χ1) is 15.4. The summed E-state index contributed by atoms with van der Waals surface area (Å²) in [5.74, 6) is -1.22. The lowest BCUT2D eigenvalue weighted by Gasteiger charge is -2.12. The molecule has 0 unspecified atom stereocenters. The highest BCUT2D eigenvalue weighted by atomic mass is 16.5. The molecule has 2 aromatic carbocycles. The fourth-order valence-corrected chi connectivity index (χ4v) is 2.43. The van der Waals surface area contributed by atoms with Gasteiger partial charge < -0.3 is 20.1 Å². The molecule has 0 heterocycles. The van der Waals surface area contributed by atoms with Gasteiger partial charge in [0, 0.05) is 12.2 Å². The van der Waals surface area contributed by atoms with Gasteiger partial charge in [0.15, 0.2) is 18.1 Å². The van der Waals surface area contributed by atoms with Gasteiger partial charge in [0.2, 0.25) is 0 Å². The number of ether oxygens (including phenoxy) is 2. The molecule has 0 aliphatic rings. The van der Waals surface area contributed by atoms with E-state index >= 15 is 0 Å². The lowest BCUT2D eigenvalue weighted by molar-refractivity contribution is -0.139. The normalized spacial score (nSPS) is 10.3. The van der Waals surface area contributed by atoms with Crippen LogP contribution in [0.3, 0.4) is 0 Å². The lowest BCUT2D eigenvalue weighted by Crippen LogP contribution is -2.37. The van der Waals surface area contributed by atoms with Gasteiger partial charge in [0.25, 0.3) is 5.91 Å². The topological polar surface area (TPSA) is 118 Å². The Hall–Kier alpha value is -4.14. The standard InChI is InChI=1S/C23H26N4O5/c1-4-12-24-22(29)23(30)27-25-14-17-8-11-19(20(13-17)31-5-2)32-15-21(28)26-18-9-6-16(3)7-10-18/h4,6-11,13-14H,1,5,12,15H2,2-3H3,(H,24,29)(H,26,28)(H,27,30)/b25-14-. The zero-order valence-electron chi connectivity index (χ0n) is 18.0. The summed E-state index contributed by atoms with van der Waals surface area (Å²) in [6, 6.07) is 12.4. The van der Waals surface area contributed by atoms with Crippen molar-refractivity contribution in [3.8, 4) is 11.5 Å². The second-order valence-electron chi connectivity index (χ2n) is 6.54. The molecule has 2 aromatic rings. The third-order valence-electron chi connectivity index (χ3n) is 3.95. The Kier molecular flexibility index (Phi) is 9.45. The highest BCUT2D eigenvalue weighted by Gasteiger charge is 2.11. The molecule has 0 aromatic heterocycles. The number of anilines is 1. The summed E-state index contributed by atoms with van der Waals surface area (Å²) in [5.41, 5.74) is 4.50. The van der Waals surface area contributed by atoms with Crippen molar-refractivity contribution in [3.05, 3.63) is 66.2 Å². The van der Waals surface area contributed by atoms with Crippen molar-refractivity contribution in [2.75, 3.05) is 25.1 Å². The van der Waals surface area contributed by atoms with Crippen LogP contribution in [-0.2, 0) is 14.4 Å². The number of rotatable bonds is 10. The van der Waals surface area contributed by atoms with Crippen LogP contribution in [0.15, 0.2) is 60.2 Å². The van der Waals surface area contributed by atoms with Crippen LogP contribution in [0.2, 0.25) is 0 Å². The highest BCUT2D eigenvalue weighted by Crippen LogP contribution is 2.28. The molecule has 3 N–H and O–H groups in total. The van der Waals surface area contributed by atoms with Crippen molar-refractivity contribution in [2.24, 2.45) is 5.10 Å². The molecule has 0 saturated heterocycles. The van der Waals surface area contributed by atoms with Crippen molar-refractivity contribution >= 4 is 29.6 Å². The van der Waals surface area contributed by atoms with Crippen LogP contribution in [0.1, 0.15) is 18.1 Å². The highest BCUT2D eigenvalue weighted by molar-refractivity contribution is 6.35. The third-order valence-corrected chi connectivity index (χ3v) is 3.95. The van der Waals surface area contributed by atoms with E-state index in [1.54, 1.807) is 18.2 Å². The Labute approximate surface area is 186 Å². The summed E-state index contributed by atoms with van der Waals surface area (Å²) >= 11 is 0. The maximum Gasteiger partial charge on any atom is 0.329 e. The van der Waals surface area contributed by atoms with Crippen molar-refractivity contribution in [3.63, 3.8) is 0 Å². The number of nitrogens with zero attached hydrogens (tertiary/aromatic N) is 1. The first kappa shape index (κ1) is 24.1. The van der Waals surface area contributed by atoms with E-state index in [9.17, 15) is 14.4 Å². The molecule has 0 aliphatic heterocycles. The Morgan fingerprint density at radius 2 is 1.78 bits per heavy atom. The van der Waals surface area contributed by atoms with Crippen LogP contribution < -0.4 is 25.5 Å². The number of nitrogens with one attached hydrogen (secondary N) is 3. The number of carbonyl (C=O) groups excluding carboxylic acids is 3. The summed E-state index contributed by atoms with van der Waals surface area (Å²) in [5, 5.41) is 8.86. The van der Waals surface area contributed by atoms with Gasteiger partial charge in [-0.3, -0.25) is 14.4 Å². The molecular weight excluding hydrogens is 412 g/mol. The number of amides is 3. The maximum absolute atomic E-state index is 12.2. The fourth-order valence-electron chi connectivity index (χ4n) is 2.43. The predicted molar refractivity (Wildman–Crippen MR) is 122 cm³/mol. The van der Waals surface area contributed by atoms with Crippen LogP contribution in [-0.4, -0.2) is 43.7 Å². The first-order valence-corrected chi connectivity index (χ1v) is 9.91. The zero-order valence-corrected chi connectivity index (χ0v) is 18.0. The monoisotopic (exact) mass is 438 g/mol. The second-order valence-corrected chi connectivity index (χ2v) is 6.54. The van der Waals surface area contributed by atoms with Gasteiger partial charge in [0.05, 0.1) is 12.8 Å². The molecule has 3 amide bonds. The Bertz CT molecular complexity index is 986. The third kappa shape index (κ3) is 7.94. The molecule has 0 radical (unpaired) electrons. The van der Waals surface area contributed by atoms with Gasteiger partial charge in [-0.15, -0.1) is 6.58 Å². The molecule has 0 atom stereocenters. The molecule has 2 rings (SSSR count). The summed E-state index contributed by atoms with van der Waals surface area (Å²) < 4.78 is 11.2. The van der Waals surface area contributed by atoms with Gasteiger partial charge in [0.1, 0.15) is 0 Å². The van der Waals surface area contributed by atoms with E-state index in [0.29, 0.717) is 29.4 Å². The molecule has 9 heteroatoms. The van der Waals surface area contributed by atoms with Crippen molar-refractivity contribution in [2.45, 2.75) is 13.8 Å². The SMILES string of the molecule is C=CCNC(=O)C(=O)N/N=C\c1ccc(OCC(=O)Nc2ccc(C)cc2)c(OCC)c1. The smallest absolute Gasteiger partial charge is 0.329 e. The van der Waals surface area contributed by atoms with Crippen LogP contribution in [0, 0.1) is 6.92 Å². The zero-order chi connectivity index (χ0) is 23.3. The second kappa shape index (κ2) is 12.5. The summed E-state index contributed by atoms with van der Waals surface area (Å²) in [6.45, 7) is 7.59. The van der Waals surface area contributed by atoms with Gasteiger partial charge >= 0.3 is 11.8 Å². The van der Waals surface area contributed by atoms with E-state index in [0.717, 1.165) is 5.56 Å². The van der Waals surface area contributed by atoms with Crippen molar-refractivity contribution in [1.82, 2.24) is 10.7 Å². The molecule has 0 aliphatic carbocycles. The Morgan fingerprint density at radius 1 is 1.03 bits per heavy atom. The van der Waals surface area contributed by atoms with Crippen LogP contribution >= 0.6 is 0 Å². The molecule has 0 saturated carbocycles. The van der Waals surface area contributed by atoms with Crippen molar-refractivity contribution in [1.29, 1.82) is 0 Å². The van der Waals surface area contributed by atoms with E-state index < -0.39 is 11.8 Å². The van der Waals surface area contributed by atoms with E-state index in [4.69, 9.17) is 9.47 Å². The van der Waals surface area contributed by atoms with Crippen LogP contribution in [0.25, 0.3) is 0 Å². The molecule has 32 heavy (non-hydrogen) atoms. The molecule has 0 bridgehead atoms.